The second-order valence-electron chi connectivity index (χ2n) is 10.0. The van der Waals surface area contributed by atoms with Crippen LogP contribution in [0.1, 0.15) is 37.5 Å². The summed E-state index contributed by atoms with van der Waals surface area (Å²) in [5.41, 5.74) is 0.107. The van der Waals surface area contributed by atoms with E-state index in [1.54, 1.807) is 30.3 Å². The van der Waals surface area contributed by atoms with E-state index in [0.717, 1.165) is 17.7 Å². The number of halogens is 3. The second-order valence-corrected chi connectivity index (χ2v) is 10.0. The number of rotatable bonds is 10. The van der Waals surface area contributed by atoms with Gasteiger partial charge in [0.05, 0.1) is 24.7 Å². The number of alkyl halides is 3. The van der Waals surface area contributed by atoms with Gasteiger partial charge in [0.15, 0.2) is 0 Å². The number of allylic oxidation sites excluding steroid dienone is 1. The van der Waals surface area contributed by atoms with Crippen LogP contribution >= 0.6 is 0 Å². The number of carbonyl (C=O) groups excluding carboxylic acids is 4. The lowest BCUT2D eigenvalue weighted by Crippen LogP contribution is -2.71. The zero-order valence-corrected chi connectivity index (χ0v) is 25.5. The molecule has 0 saturated carbocycles. The zero-order valence-electron chi connectivity index (χ0n) is 25.5. The number of urea groups is 1. The Morgan fingerprint density at radius 3 is 2.31 bits per heavy atom. The van der Waals surface area contributed by atoms with Gasteiger partial charge in [-0.3, -0.25) is 14.4 Å². The van der Waals surface area contributed by atoms with Crippen molar-refractivity contribution in [3.05, 3.63) is 83.9 Å². The van der Waals surface area contributed by atoms with Crippen molar-refractivity contribution in [3.8, 4) is 6.07 Å². The van der Waals surface area contributed by atoms with E-state index in [4.69, 9.17) is 0 Å². The van der Waals surface area contributed by atoms with E-state index in [-0.39, 0.29) is 57.3 Å². The molecule has 0 aromatic heterocycles. The van der Waals surface area contributed by atoms with E-state index in [1.165, 1.54) is 45.8 Å². The van der Waals surface area contributed by atoms with E-state index in [1.807, 2.05) is 19.1 Å². The standard InChI is InChI=1S/C28H32F3N7O4.C3H6/c1-20(39)33-12-14-37-25(18-35(21(2)40)17-23-9-6-10-24(15-23)28(29,30)31)38(36(13-11-32)19-26(37)41)27(42)34-16-22-7-4-3-5-8-22;1-3-2/h3-10,15,25H,12-14,16-19H2,1-2H3,(H,33,39)(H,34,42);3H,1H2,2H3. The van der Waals surface area contributed by atoms with Crippen molar-refractivity contribution < 1.29 is 32.3 Å². The molecule has 1 aliphatic rings. The zero-order chi connectivity index (χ0) is 33.6. The van der Waals surface area contributed by atoms with Crippen LogP contribution in [0.4, 0.5) is 18.0 Å². The Morgan fingerprint density at radius 1 is 1.09 bits per heavy atom. The molecular weight excluding hydrogens is 591 g/mol. The van der Waals surface area contributed by atoms with Crippen molar-refractivity contribution in [1.29, 1.82) is 5.26 Å². The van der Waals surface area contributed by atoms with Crippen molar-refractivity contribution in [2.75, 3.05) is 32.7 Å². The number of hydrogen-bond donors (Lipinski definition) is 2. The lowest BCUT2D eigenvalue weighted by atomic mass is 10.1. The second kappa shape index (κ2) is 17.4. The van der Waals surface area contributed by atoms with Gasteiger partial charge >= 0.3 is 12.2 Å². The van der Waals surface area contributed by atoms with E-state index in [9.17, 15) is 37.6 Å². The number of nitriles is 1. The summed E-state index contributed by atoms with van der Waals surface area (Å²) in [6, 6.07) is 14.8. The fourth-order valence-corrected chi connectivity index (χ4v) is 4.51. The van der Waals surface area contributed by atoms with Crippen LogP contribution in [-0.2, 0) is 33.6 Å². The summed E-state index contributed by atoms with van der Waals surface area (Å²) in [6.07, 6.45) is -3.97. The smallest absolute Gasteiger partial charge is 0.355 e. The first-order valence-electron chi connectivity index (χ1n) is 14.1. The molecule has 1 unspecified atom stereocenters. The molecule has 2 N–H and O–H groups in total. The summed E-state index contributed by atoms with van der Waals surface area (Å²) in [7, 11) is 0. The minimum atomic E-state index is -4.58. The fourth-order valence-electron chi connectivity index (χ4n) is 4.51. The third kappa shape index (κ3) is 11.3. The van der Waals surface area contributed by atoms with Gasteiger partial charge in [-0.05, 0) is 30.2 Å². The SMILES string of the molecule is C=CC.CC(=O)NCCN1C(=O)CN(CC#N)N(C(=O)NCc2ccccc2)C1CN(Cc1cccc(C(F)(F)F)c1)C(C)=O. The Kier molecular flexibility index (Phi) is 14.0. The van der Waals surface area contributed by atoms with Gasteiger partial charge in [0, 0.05) is 40.0 Å². The summed E-state index contributed by atoms with van der Waals surface area (Å²) >= 11 is 0. The molecule has 45 heavy (non-hydrogen) atoms. The van der Waals surface area contributed by atoms with Gasteiger partial charge in [0.2, 0.25) is 17.7 Å². The van der Waals surface area contributed by atoms with Crippen molar-refractivity contribution in [2.24, 2.45) is 0 Å². The minimum Gasteiger partial charge on any atom is -0.355 e. The monoisotopic (exact) mass is 629 g/mol. The molecule has 11 nitrogen and oxygen atoms in total. The topological polar surface area (TPSA) is 129 Å². The van der Waals surface area contributed by atoms with Gasteiger partial charge in [-0.2, -0.15) is 23.4 Å². The van der Waals surface area contributed by atoms with Crippen molar-refractivity contribution in [3.63, 3.8) is 0 Å². The number of hydrazine groups is 1. The van der Waals surface area contributed by atoms with Gasteiger partial charge < -0.3 is 20.4 Å². The maximum atomic E-state index is 13.6. The molecule has 0 spiro atoms. The van der Waals surface area contributed by atoms with Crippen molar-refractivity contribution in [2.45, 2.75) is 46.2 Å². The first-order chi connectivity index (χ1) is 21.3. The van der Waals surface area contributed by atoms with Gasteiger partial charge in [0.1, 0.15) is 12.7 Å². The van der Waals surface area contributed by atoms with Crippen molar-refractivity contribution in [1.82, 2.24) is 30.5 Å². The van der Waals surface area contributed by atoms with Crippen LogP contribution in [0, 0.1) is 11.3 Å². The third-order valence-electron chi connectivity index (χ3n) is 6.52. The fraction of sp³-hybridized carbons (Fsp3) is 0.387. The van der Waals surface area contributed by atoms with E-state index >= 15 is 0 Å². The first kappa shape index (κ1) is 36.3. The Hall–Kier alpha value is -4.90. The molecule has 3 rings (SSSR count). The van der Waals surface area contributed by atoms with Crippen molar-refractivity contribution >= 4 is 23.8 Å². The molecule has 242 valence electrons. The highest BCUT2D eigenvalue weighted by Gasteiger charge is 2.43. The molecule has 1 fully saturated rings. The summed E-state index contributed by atoms with van der Waals surface area (Å²) in [6.45, 7) is 6.77. The Labute approximate surface area is 260 Å². The highest BCUT2D eigenvalue weighted by molar-refractivity contribution is 5.83. The summed E-state index contributed by atoms with van der Waals surface area (Å²) in [4.78, 5) is 53.6. The van der Waals surface area contributed by atoms with E-state index < -0.39 is 35.8 Å². The van der Waals surface area contributed by atoms with Crippen LogP contribution in [-0.4, -0.2) is 82.5 Å². The molecule has 1 aliphatic heterocycles. The lowest BCUT2D eigenvalue weighted by molar-refractivity contribution is -0.169. The van der Waals surface area contributed by atoms with Crippen LogP contribution in [0.3, 0.4) is 0 Å². The number of benzene rings is 2. The average molecular weight is 630 g/mol. The number of nitrogens with zero attached hydrogens (tertiary/aromatic N) is 5. The Bertz CT molecular complexity index is 1360. The molecule has 1 atom stereocenters. The number of amides is 5. The molecular formula is C31H38F3N7O4. The normalized spacial score (nSPS) is 14.9. The van der Waals surface area contributed by atoms with Gasteiger partial charge in [0.25, 0.3) is 0 Å². The number of carbonyl (C=O) groups is 4. The predicted octanol–water partition coefficient (Wildman–Crippen LogP) is 3.50. The molecule has 0 bridgehead atoms. The molecule has 0 radical (unpaired) electrons. The molecule has 5 amide bonds. The lowest BCUT2D eigenvalue weighted by Gasteiger charge is -2.49. The molecule has 1 heterocycles. The molecule has 1 saturated heterocycles. The first-order valence-corrected chi connectivity index (χ1v) is 14.1. The van der Waals surface area contributed by atoms with Crippen LogP contribution in [0.5, 0.6) is 0 Å². The van der Waals surface area contributed by atoms with E-state index in [0.29, 0.717) is 0 Å². The highest BCUT2D eigenvalue weighted by atomic mass is 19.4. The van der Waals surface area contributed by atoms with Crippen LogP contribution in [0.25, 0.3) is 0 Å². The Morgan fingerprint density at radius 2 is 1.73 bits per heavy atom. The van der Waals surface area contributed by atoms with E-state index in [2.05, 4.69) is 17.2 Å². The summed E-state index contributed by atoms with van der Waals surface area (Å²) < 4.78 is 40.0. The van der Waals surface area contributed by atoms with Gasteiger partial charge in [-0.1, -0.05) is 48.5 Å². The van der Waals surface area contributed by atoms with Crippen LogP contribution in [0.2, 0.25) is 0 Å². The molecule has 2 aromatic carbocycles. The molecule has 2 aromatic rings. The van der Waals surface area contributed by atoms with Crippen LogP contribution < -0.4 is 10.6 Å². The molecule has 14 heteroatoms. The Balaban J connectivity index is 0.00000226. The minimum absolute atomic E-state index is 0.0265. The van der Waals surface area contributed by atoms with Gasteiger partial charge in [-0.25, -0.2) is 9.80 Å². The number of nitrogens with one attached hydrogen (secondary N) is 2. The average Bonchev–Trinajstić information content (AvgIpc) is 2.97. The summed E-state index contributed by atoms with van der Waals surface area (Å²) in [5.74, 6) is -1.31. The third-order valence-corrected chi connectivity index (χ3v) is 6.52. The summed E-state index contributed by atoms with van der Waals surface area (Å²) in [5, 5.41) is 17.2. The quantitative estimate of drug-likeness (QED) is 0.306. The largest absolute Gasteiger partial charge is 0.416 e. The maximum Gasteiger partial charge on any atom is 0.416 e. The molecule has 0 aliphatic carbocycles. The van der Waals surface area contributed by atoms with Crippen LogP contribution in [0.15, 0.2) is 67.3 Å². The number of hydrogen-bond acceptors (Lipinski definition) is 6. The maximum absolute atomic E-state index is 13.6. The van der Waals surface area contributed by atoms with Gasteiger partial charge in [-0.15, -0.1) is 6.58 Å². The highest BCUT2D eigenvalue weighted by Crippen LogP contribution is 2.30. The predicted molar refractivity (Wildman–Crippen MR) is 160 cm³/mol.